The molecule has 14 heteroatoms. The Labute approximate surface area is 204 Å². The number of rotatable bonds is 14. The van der Waals surface area contributed by atoms with E-state index in [0.717, 1.165) is 0 Å². The number of carboxylic acids is 1. The van der Waals surface area contributed by atoms with E-state index in [1.807, 2.05) is 0 Å². The molecular weight excluding hydrogens is 460 g/mol. The zero-order chi connectivity index (χ0) is 26.7. The summed E-state index contributed by atoms with van der Waals surface area (Å²) in [5.41, 5.74) is 21.7. The average molecular weight is 499 g/mol. The normalized spacial score (nSPS) is 17.8. The van der Waals surface area contributed by atoms with Crippen LogP contribution in [-0.2, 0) is 24.0 Å². The van der Waals surface area contributed by atoms with E-state index in [-0.39, 0.29) is 44.2 Å². The van der Waals surface area contributed by atoms with Gasteiger partial charge in [0.1, 0.15) is 18.1 Å². The first-order chi connectivity index (χ1) is 16.3. The third kappa shape index (κ3) is 9.76. The van der Waals surface area contributed by atoms with Gasteiger partial charge in [-0.1, -0.05) is 13.8 Å². The summed E-state index contributed by atoms with van der Waals surface area (Å²) < 4.78 is 0. The summed E-state index contributed by atoms with van der Waals surface area (Å²) in [5, 5.41) is 14.4. The predicted octanol–water partition coefficient (Wildman–Crippen LogP) is -2.67. The second-order valence-corrected chi connectivity index (χ2v) is 8.88. The van der Waals surface area contributed by atoms with E-state index in [4.69, 9.17) is 22.9 Å². The highest BCUT2D eigenvalue weighted by atomic mass is 16.4. The largest absolute Gasteiger partial charge is 0.480 e. The number of guanidine groups is 1. The van der Waals surface area contributed by atoms with E-state index in [1.54, 1.807) is 13.8 Å². The SMILES string of the molecule is CC(C)C(NC(=O)C1CCCN1C(=O)C(CCC(N)=O)NC(=O)C(N)CCCN=C(N)N)C(=O)O. The van der Waals surface area contributed by atoms with Crippen LogP contribution in [0.1, 0.15) is 52.4 Å². The van der Waals surface area contributed by atoms with E-state index in [1.165, 1.54) is 4.90 Å². The van der Waals surface area contributed by atoms with Crippen molar-refractivity contribution >= 4 is 35.6 Å². The molecule has 1 fully saturated rings. The Morgan fingerprint density at radius 2 is 1.74 bits per heavy atom. The van der Waals surface area contributed by atoms with Gasteiger partial charge in [-0.2, -0.15) is 0 Å². The van der Waals surface area contributed by atoms with Crippen LogP contribution in [0.25, 0.3) is 0 Å². The summed E-state index contributed by atoms with van der Waals surface area (Å²) in [4.78, 5) is 66.6. The number of carboxylic acid groups (broad SMARTS) is 1. The lowest BCUT2D eigenvalue weighted by Crippen LogP contribution is -2.57. The fourth-order valence-electron chi connectivity index (χ4n) is 3.74. The van der Waals surface area contributed by atoms with Gasteiger partial charge in [0.05, 0.1) is 6.04 Å². The lowest BCUT2D eigenvalue weighted by molar-refractivity contribution is -0.145. The Kier molecular flexibility index (Phi) is 11.9. The maximum atomic E-state index is 13.3. The van der Waals surface area contributed by atoms with Crippen molar-refractivity contribution in [2.24, 2.45) is 33.8 Å². The summed E-state index contributed by atoms with van der Waals surface area (Å²) in [5.74, 6) is -4.04. The molecule has 11 N–H and O–H groups in total. The number of carbonyl (C=O) groups is 5. The first kappa shape index (κ1) is 29.6. The number of aliphatic imine (C=N–C) groups is 1. The lowest BCUT2D eigenvalue weighted by Gasteiger charge is -2.30. The molecule has 4 amide bonds. The molecule has 1 aliphatic heterocycles. The molecule has 4 atom stereocenters. The van der Waals surface area contributed by atoms with E-state index < -0.39 is 53.8 Å². The Bertz CT molecular complexity index is 814. The van der Waals surface area contributed by atoms with Gasteiger partial charge in [0.25, 0.3) is 0 Å². The van der Waals surface area contributed by atoms with Crippen molar-refractivity contribution in [2.45, 2.75) is 76.5 Å². The molecule has 0 spiro atoms. The number of carbonyl (C=O) groups excluding carboxylic acids is 4. The zero-order valence-corrected chi connectivity index (χ0v) is 20.2. The van der Waals surface area contributed by atoms with Gasteiger partial charge >= 0.3 is 5.97 Å². The van der Waals surface area contributed by atoms with Crippen LogP contribution in [0.3, 0.4) is 0 Å². The highest BCUT2D eigenvalue weighted by molar-refractivity contribution is 5.94. The molecule has 4 unspecified atom stereocenters. The molecule has 1 rings (SSSR count). The minimum Gasteiger partial charge on any atom is -0.480 e. The number of hydrogen-bond donors (Lipinski definition) is 7. The molecule has 0 aromatic carbocycles. The van der Waals surface area contributed by atoms with E-state index >= 15 is 0 Å². The topological polar surface area (TPSA) is 249 Å². The monoisotopic (exact) mass is 498 g/mol. The number of hydrogen-bond acceptors (Lipinski definition) is 7. The molecule has 0 radical (unpaired) electrons. The van der Waals surface area contributed by atoms with Gasteiger partial charge in [-0.25, -0.2) is 4.79 Å². The molecule has 14 nitrogen and oxygen atoms in total. The number of likely N-dealkylation sites (tertiary alicyclic amines) is 1. The predicted molar refractivity (Wildman–Crippen MR) is 127 cm³/mol. The van der Waals surface area contributed by atoms with Crippen molar-refractivity contribution in [3.63, 3.8) is 0 Å². The van der Waals surface area contributed by atoms with Crippen molar-refractivity contribution in [3.8, 4) is 0 Å². The molecule has 198 valence electrons. The van der Waals surface area contributed by atoms with E-state index in [0.29, 0.717) is 19.3 Å². The summed E-state index contributed by atoms with van der Waals surface area (Å²) >= 11 is 0. The molecule has 1 saturated heterocycles. The summed E-state index contributed by atoms with van der Waals surface area (Å²) in [6.45, 7) is 3.84. The van der Waals surface area contributed by atoms with Gasteiger partial charge in [-0.3, -0.25) is 24.2 Å². The van der Waals surface area contributed by atoms with Crippen molar-refractivity contribution in [2.75, 3.05) is 13.1 Å². The summed E-state index contributed by atoms with van der Waals surface area (Å²) in [6.07, 6.45) is 1.29. The van der Waals surface area contributed by atoms with Gasteiger partial charge in [0, 0.05) is 19.5 Å². The Hall–Kier alpha value is -3.42. The fraction of sp³-hybridized carbons (Fsp3) is 0.714. The van der Waals surface area contributed by atoms with Crippen LogP contribution in [0, 0.1) is 5.92 Å². The summed E-state index contributed by atoms with van der Waals surface area (Å²) in [7, 11) is 0. The van der Waals surface area contributed by atoms with Crippen molar-refractivity contribution in [1.82, 2.24) is 15.5 Å². The first-order valence-electron chi connectivity index (χ1n) is 11.6. The van der Waals surface area contributed by atoms with Gasteiger partial charge in [0.2, 0.25) is 23.6 Å². The van der Waals surface area contributed by atoms with E-state index in [9.17, 15) is 29.1 Å². The van der Waals surface area contributed by atoms with E-state index in [2.05, 4.69) is 15.6 Å². The quantitative estimate of drug-likeness (QED) is 0.0748. The Morgan fingerprint density at radius 3 is 2.29 bits per heavy atom. The van der Waals surface area contributed by atoms with Crippen molar-refractivity contribution in [3.05, 3.63) is 0 Å². The minimum atomic E-state index is -1.18. The molecule has 1 aliphatic rings. The molecule has 35 heavy (non-hydrogen) atoms. The Morgan fingerprint density at radius 1 is 1.09 bits per heavy atom. The molecule has 0 aromatic rings. The van der Waals surface area contributed by atoms with Gasteiger partial charge in [-0.05, 0) is 38.0 Å². The zero-order valence-electron chi connectivity index (χ0n) is 20.2. The van der Waals surface area contributed by atoms with Crippen LogP contribution >= 0.6 is 0 Å². The molecular formula is C21H38N8O6. The van der Waals surface area contributed by atoms with Crippen LogP contribution < -0.4 is 33.6 Å². The molecule has 0 saturated carbocycles. The second-order valence-electron chi connectivity index (χ2n) is 8.88. The molecule has 0 aromatic heterocycles. The Balaban J connectivity index is 2.91. The van der Waals surface area contributed by atoms with Crippen LogP contribution in [0.15, 0.2) is 4.99 Å². The number of aliphatic carboxylic acids is 1. The standard InChI is InChI=1S/C21H38N8O6/c1-11(2)16(20(34)35)28-18(32)14-6-4-10-29(14)19(33)13(7-8-15(23)30)27-17(31)12(22)5-3-9-26-21(24)25/h11-14,16H,3-10,22H2,1-2H3,(H2,23,30)(H,27,31)(H,28,32)(H,34,35)(H4,24,25,26). The second kappa shape index (κ2) is 14.1. The number of nitrogens with one attached hydrogen (secondary N) is 2. The van der Waals surface area contributed by atoms with Crippen LogP contribution in [0.5, 0.6) is 0 Å². The van der Waals surface area contributed by atoms with Crippen LogP contribution in [-0.4, -0.2) is 82.8 Å². The highest BCUT2D eigenvalue weighted by Crippen LogP contribution is 2.20. The van der Waals surface area contributed by atoms with Crippen LogP contribution in [0.4, 0.5) is 0 Å². The fourth-order valence-corrected chi connectivity index (χ4v) is 3.74. The smallest absolute Gasteiger partial charge is 0.326 e. The summed E-state index contributed by atoms with van der Waals surface area (Å²) in [6, 6.07) is -4.09. The van der Waals surface area contributed by atoms with Crippen LogP contribution in [0.2, 0.25) is 0 Å². The lowest BCUT2D eigenvalue weighted by atomic mass is 10.0. The number of nitrogens with two attached hydrogens (primary N) is 4. The first-order valence-corrected chi connectivity index (χ1v) is 11.6. The van der Waals surface area contributed by atoms with Gasteiger partial charge in [-0.15, -0.1) is 0 Å². The number of amides is 4. The minimum absolute atomic E-state index is 0.0742. The van der Waals surface area contributed by atoms with Crippen molar-refractivity contribution in [1.29, 1.82) is 0 Å². The molecule has 1 heterocycles. The highest BCUT2D eigenvalue weighted by Gasteiger charge is 2.39. The maximum absolute atomic E-state index is 13.3. The third-order valence-electron chi connectivity index (χ3n) is 5.67. The van der Waals surface area contributed by atoms with Gasteiger partial charge < -0.3 is 43.6 Å². The third-order valence-corrected chi connectivity index (χ3v) is 5.67. The molecule has 0 aliphatic carbocycles. The van der Waals surface area contributed by atoms with Gasteiger partial charge in [0.15, 0.2) is 5.96 Å². The molecule has 0 bridgehead atoms. The van der Waals surface area contributed by atoms with Crippen molar-refractivity contribution < 1.29 is 29.1 Å². The number of primary amides is 1. The number of nitrogens with zero attached hydrogens (tertiary/aromatic N) is 2. The maximum Gasteiger partial charge on any atom is 0.326 e. The average Bonchev–Trinajstić information content (AvgIpc) is 3.26.